The van der Waals surface area contributed by atoms with E-state index >= 15 is 0 Å². The first-order valence-corrected chi connectivity index (χ1v) is 9.97. The molecule has 4 heteroatoms. The van der Waals surface area contributed by atoms with Crippen molar-refractivity contribution in [3.63, 3.8) is 0 Å². The number of benzene rings is 3. The zero-order chi connectivity index (χ0) is 21.4. The van der Waals surface area contributed by atoms with Crippen molar-refractivity contribution in [2.45, 2.75) is 27.7 Å². The van der Waals surface area contributed by atoms with E-state index in [4.69, 9.17) is 0 Å². The van der Waals surface area contributed by atoms with Gasteiger partial charge in [0.2, 0.25) is 0 Å². The number of hydrogen-bond acceptors (Lipinski definition) is 3. The molecule has 0 radical (unpaired) electrons. The molecule has 0 aliphatic carbocycles. The molecule has 0 saturated heterocycles. The van der Waals surface area contributed by atoms with Crippen molar-refractivity contribution < 1.29 is 9.59 Å². The lowest BCUT2D eigenvalue weighted by molar-refractivity contribution is -0.120. The highest BCUT2D eigenvalue weighted by Gasteiger charge is 2.40. The first kappa shape index (κ1) is 19.6. The van der Waals surface area contributed by atoms with Crippen LogP contribution in [0.2, 0.25) is 0 Å². The van der Waals surface area contributed by atoms with Crippen LogP contribution in [0.4, 0.5) is 11.4 Å². The molecule has 0 atom stereocenters. The topological polar surface area (TPSA) is 49.4 Å². The van der Waals surface area contributed by atoms with Crippen molar-refractivity contribution in [1.29, 1.82) is 0 Å². The van der Waals surface area contributed by atoms with Gasteiger partial charge in [-0.25, -0.2) is 4.90 Å². The summed E-state index contributed by atoms with van der Waals surface area (Å²) in [5.74, 6) is -0.655. The molecule has 2 amide bonds. The van der Waals surface area contributed by atoms with E-state index in [-0.39, 0.29) is 11.8 Å². The van der Waals surface area contributed by atoms with Crippen LogP contribution >= 0.6 is 0 Å². The fourth-order valence-corrected chi connectivity index (χ4v) is 3.76. The Morgan fingerprint density at radius 3 is 2.03 bits per heavy atom. The Morgan fingerprint density at radius 1 is 0.700 bits per heavy atom. The fourth-order valence-electron chi connectivity index (χ4n) is 3.76. The van der Waals surface area contributed by atoms with Gasteiger partial charge in [-0.1, -0.05) is 65.7 Å². The van der Waals surface area contributed by atoms with E-state index in [1.165, 1.54) is 4.90 Å². The summed E-state index contributed by atoms with van der Waals surface area (Å²) in [6.45, 7) is 7.87. The number of hydrogen-bond donors (Lipinski definition) is 1. The average molecular weight is 396 g/mol. The van der Waals surface area contributed by atoms with Gasteiger partial charge in [0.1, 0.15) is 5.70 Å². The molecule has 0 saturated carbocycles. The van der Waals surface area contributed by atoms with Crippen LogP contribution in [0.15, 0.2) is 72.4 Å². The first-order chi connectivity index (χ1) is 14.4. The summed E-state index contributed by atoms with van der Waals surface area (Å²) >= 11 is 0. The number of para-hydroxylation sites is 1. The lowest BCUT2D eigenvalue weighted by atomic mass is 10.0. The minimum absolute atomic E-state index is 0.304. The lowest BCUT2D eigenvalue weighted by Crippen LogP contribution is -2.33. The molecule has 3 aromatic rings. The number of amides is 2. The fraction of sp³-hybridized carbons (Fsp3) is 0.154. The van der Waals surface area contributed by atoms with Gasteiger partial charge in [0.05, 0.1) is 11.3 Å². The zero-order valence-electron chi connectivity index (χ0n) is 17.6. The predicted octanol–water partition coefficient (Wildman–Crippen LogP) is 5.32. The zero-order valence-corrected chi connectivity index (χ0v) is 17.6. The second-order valence-electron chi connectivity index (χ2n) is 7.79. The van der Waals surface area contributed by atoms with Crippen LogP contribution in [0.25, 0.3) is 5.57 Å². The van der Waals surface area contributed by atoms with E-state index in [1.807, 2.05) is 94.4 Å². The Labute approximate surface area is 176 Å². The second kappa shape index (κ2) is 7.64. The van der Waals surface area contributed by atoms with Crippen LogP contribution in [0.3, 0.4) is 0 Å². The number of rotatable bonds is 4. The van der Waals surface area contributed by atoms with Gasteiger partial charge in [0.15, 0.2) is 0 Å². The van der Waals surface area contributed by atoms with Crippen LogP contribution in [0, 0.1) is 27.7 Å². The van der Waals surface area contributed by atoms with E-state index < -0.39 is 0 Å². The summed E-state index contributed by atoms with van der Waals surface area (Å²) in [7, 11) is 0. The van der Waals surface area contributed by atoms with E-state index in [0.717, 1.165) is 33.5 Å². The van der Waals surface area contributed by atoms with Gasteiger partial charge in [0.25, 0.3) is 11.8 Å². The van der Waals surface area contributed by atoms with Crippen molar-refractivity contribution in [1.82, 2.24) is 0 Å². The van der Waals surface area contributed by atoms with Gasteiger partial charge < -0.3 is 5.32 Å². The second-order valence-corrected chi connectivity index (χ2v) is 7.79. The molecule has 0 spiro atoms. The number of anilines is 2. The average Bonchev–Trinajstić information content (AvgIpc) is 2.95. The maximum Gasteiger partial charge on any atom is 0.282 e. The number of carbonyl (C=O) groups excluding carboxylic acids is 2. The highest BCUT2D eigenvalue weighted by molar-refractivity contribution is 6.46. The Bertz CT molecular complexity index is 1190. The van der Waals surface area contributed by atoms with Gasteiger partial charge in [0, 0.05) is 5.69 Å². The Balaban J connectivity index is 1.86. The van der Waals surface area contributed by atoms with Crippen molar-refractivity contribution in [3.8, 4) is 0 Å². The van der Waals surface area contributed by atoms with Gasteiger partial charge in [-0.15, -0.1) is 0 Å². The van der Waals surface area contributed by atoms with E-state index in [1.54, 1.807) is 0 Å². The molecule has 1 aliphatic heterocycles. The molecule has 150 valence electrons. The summed E-state index contributed by atoms with van der Waals surface area (Å²) in [5, 5.41) is 3.25. The largest absolute Gasteiger partial charge is 0.350 e. The van der Waals surface area contributed by atoms with Crippen LogP contribution in [-0.2, 0) is 9.59 Å². The highest BCUT2D eigenvalue weighted by atomic mass is 16.2. The molecule has 0 fully saturated rings. The summed E-state index contributed by atoms with van der Waals surface area (Å²) in [4.78, 5) is 28.3. The van der Waals surface area contributed by atoms with Gasteiger partial charge in [-0.05, 0) is 56.5 Å². The smallest absolute Gasteiger partial charge is 0.282 e. The minimum atomic E-state index is -0.342. The minimum Gasteiger partial charge on any atom is -0.350 e. The first-order valence-electron chi connectivity index (χ1n) is 9.97. The summed E-state index contributed by atoms with van der Waals surface area (Å²) in [6, 6.07) is 21.1. The molecule has 0 aromatic heterocycles. The van der Waals surface area contributed by atoms with Crippen LogP contribution in [0.5, 0.6) is 0 Å². The van der Waals surface area contributed by atoms with E-state index in [2.05, 4.69) is 5.32 Å². The lowest BCUT2D eigenvalue weighted by Gasteiger charge is -2.18. The molecule has 0 bridgehead atoms. The van der Waals surface area contributed by atoms with Gasteiger partial charge in [-0.2, -0.15) is 0 Å². The molecule has 3 aromatic carbocycles. The summed E-state index contributed by atoms with van der Waals surface area (Å²) in [6.07, 6.45) is 0. The molecule has 30 heavy (non-hydrogen) atoms. The molecule has 4 rings (SSSR count). The summed E-state index contributed by atoms with van der Waals surface area (Å²) in [5.41, 5.74) is 6.90. The molecule has 1 aliphatic rings. The Morgan fingerprint density at radius 2 is 1.37 bits per heavy atom. The molecule has 4 nitrogen and oxygen atoms in total. The van der Waals surface area contributed by atoms with Crippen molar-refractivity contribution in [2.75, 3.05) is 10.2 Å². The number of carbonyl (C=O) groups is 2. The molecule has 0 unspecified atom stereocenters. The molecular weight excluding hydrogens is 372 g/mol. The maximum atomic E-state index is 13.5. The normalized spacial score (nSPS) is 13.9. The monoisotopic (exact) mass is 396 g/mol. The highest BCUT2D eigenvalue weighted by Crippen LogP contribution is 2.35. The third-order valence-electron chi connectivity index (χ3n) is 5.42. The Kier molecular flexibility index (Phi) is 5.00. The molecular formula is C26H24N2O2. The quantitative estimate of drug-likeness (QED) is 0.608. The van der Waals surface area contributed by atoms with E-state index in [0.29, 0.717) is 17.0 Å². The number of nitrogens with zero attached hydrogens (tertiary/aromatic N) is 1. The molecule has 1 heterocycles. The van der Waals surface area contributed by atoms with Crippen LogP contribution in [-0.4, -0.2) is 11.8 Å². The third-order valence-corrected chi connectivity index (χ3v) is 5.42. The van der Waals surface area contributed by atoms with E-state index in [9.17, 15) is 9.59 Å². The number of aryl methyl sites for hydroxylation is 4. The van der Waals surface area contributed by atoms with Crippen LogP contribution < -0.4 is 10.2 Å². The molecule has 1 N–H and O–H groups in total. The Hall–Kier alpha value is -3.66. The number of imide groups is 1. The van der Waals surface area contributed by atoms with Gasteiger partial charge in [-0.3, -0.25) is 9.59 Å². The van der Waals surface area contributed by atoms with Crippen molar-refractivity contribution >= 4 is 28.8 Å². The standard InChI is InChI=1S/C26H24N2O2/c1-16-9-12-20(13-10-16)23-24(27-21-8-6-5-7-18(21)3)26(30)28(25(23)29)22-14-11-17(2)15-19(22)4/h5-15,27H,1-4H3. The third kappa shape index (κ3) is 3.41. The summed E-state index contributed by atoms with van der Waals surface area (Å²) < 4.78 is 0. The van der Waals surface area contributed by atoms with Crippen LogP contribution in [0.1, 0.15) is 27.8 Å². The number of nitrogens with one attached hydrogen (secondary N) is 1. The van der Waals surface area contributed by atoms with Crippen molar-refractivity contribution in [2.24, 2.45) is 0 Å². The maximum absolute atomic E-state index is 13.5. The SMILES string of the molecule is Cc1ccc(C2=C(Nc3ccccc3C)C(=O)N(c3ccc(C)cc3C)C2=O)cc1. The van der Waals surface area contributed by atoms with Gasteiger partial charge >= 0.3 is 0 Å². The predicted molar refractivity (Wildman–Crippen MR) is 121 cm³/mol. The van der Waals surface area contributed by atoms with Crippen molar-refractivity contribution in [3.05, 3.63) is 100 Å².